The maximum atomic E-state index is 12.9. The first-order valence-electron chi connectivity index (χ1n) is 11.3. The maximum absolute atomic E-state index is 12.9. The summed E-state index contributed by atoms with van der Waals surface area (Å²) in [5.74, 6) is -2.87. The van der Waals surface area contributed by atoms with Crippen molar-refractivity contribution in [3.63, 3.8) is 0 Å². The van der Waals surface area contributed by atoms with E-state index in [9.17, 15) is 28.8 Å². The Morgan fingerprint density at radius 1 is 0.806 bits per heavy atom. The van der Waals surface area contributed by atoms with Gasteiger partial charge in [-0.3, -0.25) is 33.8 Å². The zero-order chi connectivity index (χ0) is 26.3. The first-order valence-corrected chi connectivity index (χ1v) is 11.3. The SMILES string of the molecule is COC(=O)c1ccc2c(c1)C(=O)N(CC(C)OCC(C)N1C(=O)c3ccc(C(C)=O)cc3C1=O)C2=O. The first kappa shape index (κ1) is 24.9. The molecule has 0 saturated heterocycles. The van der Waals surface area contributed by atoms with Crippen LogP contribution in [0.2, 0.25) is 0 Å². The van der Waals surface area contributed by atoms with Crippen LogP contribution in [0.25, 0.3) is 0 Å². The number of hydrogen-bond donors (Lipinski definition) is 0. The zero-order valence-electron chi connectivity index (χ0n) is 20.2. The fourth-order valence-corrected chi connectivity index (χ4v) is 4.27. The van der Waals surface area contributed by atoms with Crippen molar-refractivity contribution >= 4 is 35.4 Å². The van der Waals surface area contributed by atoms with Gasteiger partial charge in [0.05, 0.1) is 60.2 Å². The number of imide groups is 2. The van der Waals surface area contributed by atoms with Crippen molar-refractivity contribution in [3.8, 4) is 0 Å². The van der Waals surface area contributed by atoms with Gasteiger partial charge in [0.25, 0.3) is 23.6 Å². The zero-order valence-corrected chi connectivity index (χ0v) is 20.2. The van der Waals surface area contributed by atoms with Gasteiger partial charge in [-0.05, 0) is 51.1 Å². The summed E-state index contributed by atoms with van der Waals surface area (Å²) in [6.07, 6.45) is -0.603. The smallest absolute Gasteiger partial charge is 0.337 e. The van der Waals surface area contributed by atoms with E-state index in [1.807, 2.05) is 0 Å². The normalized spacial score (nSPS) is 16.2. The number of methoxy groups -OCH3 is 1. The molecule has 0 N–H and O–H groups in total. The van der Waals surface area contributed by atoms with Crippen LogP contribution in [-0.4, -0.2) is 77.6 Å². The number of esters is 1. The fraction of sp³-hybridized carbons (Fsp3) is 0.308. The molecule has 4 amide bonds. The molecule has 0 aromatic heterocycles. The minimum absolute atomic E-state index is 0.0259. The molecule has 10 nitrogen and oxygen atoms in total. The van der Waals surface area contributed by atoms with E-state index in [4.69, 9.17) is 4.74 Å². The number of ketones is 1. The lowest BCUT2D eigenvalue weighted by Gasteiger charge is -2.25. The molecule has 0 saturated carbocycles. The van der Waals surface area contributed by atoms with E-state index in [1.54, 1.807) is 13.8 Å². The molecule has 2 aliphatic rings. The van der Waals surface area contributed by atoms with Gasteiger partial charge in [0, 0.05) is 5.56 Å². The summed E-state index contributed by atoms with van der Waals surface area (Å²) >= 11 is 0. The van der Waals surface area contributed by atoms with Gasteiger partial charge in [-0.15, -0.1) is 0 Å². The molecule has 186 valence electrons. The number of rotatable bonds is 8. The highest BCUT2D eigenvalue weighted by Gasteiger charge is 2.40. The van der Waals surface area contributed by atoms with Crippen LogP contribution >= 0.6 is 0 Å². The number of ether oxygens (including phenoxy) is 2. The van der Waals surface area contributed by atoms with Crippen molar-refractivity contribution in [1.29, 1.82) is 0 Å². The molecule has 2 aliphatic heterocycles. The summed E-state index contributed by atoms with van der Waals surface area (Å²) in [7, 11) is 1.22. The van der Waals surface area contributed by atoms with Crippen LogP contribution in [0.4, 0.5) is 0 Å². The van der Waals surface area contributed by atoms with Gasteiger partial charge in [-0.2, -0.15) is 0 Å². The van der Waals surface area contributed by atoms with E-state index in [0.717, 1.165) is 9.80 Å². The van der Waals surface area contributed by atoms with E-state index in [2.05, 4.69) is 4.74 Å². The quantitative estimate of drug-likeness (QED) is 0.312. The lowest BCUT2D eigenvalue weighted by Crippen LogP contribution is -2.43. The predicted molar refractivity (Wildman–Crippen MR) is 125 cm³/mol. The van der Waals surface area contributed by atoms with Crippen LogP contribution in [-0.2, 0) is 9.47 Å². The van der Waals surface area contributed by atoms with Crippen molar-refractivity contribution in [2.45, 2.75) is 32.9 Å². The average molecular weight is 492 g/mol. The van der Waals surface area contributed by atoms with Gasteiger partial charge in [0.1, 0.15) is 0 Å². The highest BCUT2D eigenvalue weighted by molar-refractivity contribution is 6.23. The largest absolute Gasteiger partial charge is 0.465 e. The van der Waals surface area contributed by atoms with Gasteiger partial charge in [0.2, 0.25) is 0 Å². The van der Waals surface area contributed by atoms with E-state index in [0.29, 0.717) is 5.56 Å². The topological polar surface area (TPSA) is 127 Å². The van der Waals surface area contributed by atoms with Gasteiger partial charge in [0.15, 0.2) is 5.78 Å². The van der Waals surface area contributed by atoms with E-state index in [1.165, 1.54) is 50.4 Å². The molecule has 4 rings (SSSR count). The molecular weight excluding hydrogens is 468 g/mol. The van der Waals surface area contributed by atoms with Crippen LogP contribution in [0.15, 0.2) is 36.4 Å². The summed E-state index contributed by atoms with van der Waals surface area (Å²) in [5.41, 5.74) is 1.19. The number of fused-ring (bicyclic) bond motifs is 2. The van der Waals surface area contributed by atoms with Crippen LogP contribution < -0.4 is 0 Å². The Labute approximate surface area is 206 Å². The highest BCUT2D eigenvalue weighted by atomic mass is 16.5. The first-order chi connectivity index (χ1) is 17.0. The lowest BCUT2D eigenvalue weighted by molar-refractivity contribution is 0.0101. The molecule has 36 heavy (non-hydrogen) atoms. The lowest BCUT2D eigenvalue weighted by atomic mass is 10.0. The highest BCUT2D eigenvalue weighted by Crippen LogP contribution is 2.27. The number of Topliss-reactive ketones (excluding diaryl/α,β-unsaturated/α-hetero) is 1. The molecular formula is C26H24N2O8. The summed E-state index contributed by atoms with van der Waals surface area (Å²) in [6, 6.07) is 7.92. The van der Waals surface area contributed by atoms with Crippen LogP contribution in [0.1, 0.15) is 82.9 Å². The van der Waals surface area contributed by atoms with Crippen LogP contribution in [0.3, 0.4) is 0 Å². The van der Waals surface area contributed by atoms with Crippen molar-refractivity contribution in [1.82, 2.24) is 9.80 Å². The molecule has 2 aromatic rings. The number of nitrogens with zero attached hydrogens (tertiary/aromatic N) is 2. The Morgan fingerprint density at radius 2 is 1.33 bits per heavy atom. The molecule has 2 aromatic carbocycles. The second-order valence-electron chi connectivity index (χ2n) is 8.76. The van der Waals surface area contributed by atoms with Crippen molar-refractivity contribution in [2.24, 2.45) is 0 Å². The third kappa shape index (κ3) is 4.20. The van der Waals surface area contributed by atoms with Gasteiger partial charge >= 0.3 is 5.97 Å². The molecule has 0 radical (unpaired) electrons. The Hall–Kier alpha value is -4.18. The molecule has 10 heteroatoms. The van der Waals surface area contributed by atoms with E-state index in [-0.39, 0.29) is 46.8 Å². The number of carbonyl (C=O) groups is 6. The second kappa shape index (κ2) is 9.46. The van der Waals surface area contributed by atoms with Crippen molar-refractivity contribution in [3.05, 3.63) is 69.8 Å². The monoisotopic (exact) mass is 492 g/mol. The van der Waals surface area contributed by atoms with Crippen LogP contribution in [0, 0.1) is 0 Å². The average Bonchev–Trinajstić information content (AvgIpc) is 3.26. The van der Waals surface area contributed by atoms with E-state index >= 15 is 0 Å². The van der Waals surface area contributed by atoms with Crippen molar-refractivity contribution in [2.75, 3.05) is 20.3 Å². The van der Waals surface area contributed by atoms with Gasteiger partial charge in [-0.25, -0.2) is 4.79 Å². The Balaban J connectivity index is 1.39. The molecule has 0 aliphatic carbocycles. The minimum Gasteiger partial charge on any atom is -0.465 e. The summed E-state index contributed by atoms with van der Waals surface area (Å²) in [6.45, 7) is 4.61. The fourth-order valence-electron chi connectivity index (χ4n) is 4.27. The maximum Gasteiger partial charge on any atom is 0.337 e. The Bertz CT molecular complexity index is 1330. The van der Waals surface area contributed by atoms with Crippen molar-refractivity contribution < 1.29 is 38.2 Å². The predicted octanol–water partition coefficient (Wildman–Crippen LogP) is 2.36. The molecule has 2 heterocycles. The second-order valence-corrected chi connectivity index (χ2v) is 8.76. The number of benzene rings is 2. The summed E-state index contributed by atoms with van der Waals surface area (Å²) in [4.78, 5) is 76.7. The van der Waals surface area contributed by atoms with E-state index < -0.39 is 41.7 Å². The number of hydrogen-bond acceptors (Lipinski definition) is 8. The van der Waals surface area contributed by atoms with Gasteiger partial charge in [-0.1, -0.05) is 6.07 Å². The third-order valence-electron chi connectivity index (χ3n) is 6.22. The summed E-state index contributed by atoms with van der Waals surface area (Å²) in [5, 5.41) is 0. The third-order valence-corrected chi connectivity index (χ3v) is 6.22. The Morgan fingerprint density at radius 3 is 1.97 bits per heavy atom. The number of carbonyl (C=O) groups excluding carboxylic acids is 6. The molecule has 0 fully saturated rings. The van der Waals surface area contributed by atoms with Crippen LogP contribution in [0.5, 0.6) is 0 Å². The molecule has 0 spiro atoms. The van der Waals surface area contributed by atoms with Gasteiger partial charge < -0.3 is 9.47 Å². The minimum atomic E-state index is -0.634. The Kier molecular flexibility index (Phi) is 6.55. The molecule has 2 atom stereocenters. The standard InChI is InChI=1S/C26H24N2O8/c1-13(28-24(32)19-7-5-16(15(3)29)9-21(19)25(28)33)12-36-14(2)11-27-22(30)18-8-6-17(26(34)35-4)10-20(18)23(27)31/h5-10,13-14H,11-12H2,1-4H3. The molecule has 0 bridgehead atoms. The summed E-state index contributed by atoms with van der Waals surface area (Å²) < 4.78 is 10.5. The molecule has 2 unspecified atom stereocenters. The number of amides is 4.